The Labute approximate surface area is 205 Å². The highest BCUT2D eigenvalue weighted by atomic mass is 16.5. The molecule has 2 aliphatic rings. The average Bonchev–Trinajstić information content (AvgIpc) is 2.88. The van der Waals surface area contributed by atoms with Gasteiger partial charge < -0.3 is 14.2 Å². The van der Waals surface area contributed by atoms with Crippen LogP contribution in [0.15, 0.2) is 42.7 Å². The molecule has 35 heavy (non-hydrogen) atoms. The van der Waals surface area contributed by atoms with Crippen LogP contribution in [-0.4, -0.2) is 59.4 Å². The number of hydrogen-bond donors (Lipinski definition) is 0. The number of methoxy groups -OCH3 is 1. The van der Waals surface area contributed by atoms with Gasteiger partial charge >= 0.3 is 0 Å². The summed E-state index contributed by atoms with van der Waals surface area (Å²) < 4.78 is 17.2. The number of likely N-dealkylation sites (tertiary alicyclic amines) is 1. The Morgan fingerprint density at radius 3 is 2.69 bits per heavy atom. The van der Waals surface area contributed by atoms with Crippen LogP contribution in [0.3, 0.4) is 0 Å². The van der Waals surface area contributed by atoms with E-state index in [2.05, 4.69) is 33.1 Å². The van der Waals surface area contributed by atoms with Gasteiger partial charge in [0.05, 0.1) is 37.3 Å². The fourth-order valence-electron chi connectivity index (χ4n) is 4.32. The highest BCUT2D eigenvalue weighted by Gasteiger charge is 2.21. The van der Waals surface area contributed by atoms with Crippen molar-refractivity contribution >= 4 is 0 Å². The van der Waals surface area contributed by atoms with Gasteiger partial charge in [0.25, 0.3) is 0 Å². The fraction of sp³-hybridized carbons (Fsp3) is 0.407. The second kappa shape index (κ2) is 10.8. The molecule has 0 atom stereocenters. The highest BCUT2D eigenvalue weighted by Crippen LogP contribution is 2.37. The van der Waals surface area contributed by atoms with Crippen molar-refractivity contribution in [2.24, 2.45) is 0 Å². The van der Waals surface area contributed by atoms with Gasteiger partial charge in [-0.25, -0.2) is 9.97 Å². The molecule has 180 valence electrons. The number of ether oxygens (including phenoxy) is 3. The van der Waals surface area contributed by atoms with Gasteiger partial charge in [-0.15, -0.1) is 0 Å². The molecule has 2 aliphatic heterocycles. The average molecular weight is 472 g/mol. The molecule has 0 amide bonds. The zero-order chi connectivity index (χ0) is 24.0. The lowest BCUT2D eigenvalue weighted by atomic mass is 10.1. The molecular weight excluding hydrogens is 442 g/mol. The topological polar surface area (TPSA) is 93.4 Å². The lowest BCUT2D eigenvalue weighted by Gasteiger charge is -2.30. The molecule has 2 aromatic heterocycles. The Balaban J connectivity index is 1.34. The molecular formula is C27H29N5O3. The van der Waals surface area contributed by atoms with Crippen LogP contribution in [0.2, 0.25) is 0 Å². The van der Waals surface area contributed by atoms with Crippen molar-refractivity contribution < 1.29 is 14.2 Å². The summed E-state index contributed by atoms with van der Waals surface area (Å²) in [6.45, 7) is 4.54. The predicted molar refractivity (Wildman–Crippen MR) is 130 cm³/mol. The second-order valence-corrected chi connectivity index (χ2v) is 8.92. The van der Waals surface area contributed by atoms with E-state index in [9.17, 15) is 5.26 Å². The van der Waals surface area contributed by atoms with Crippen LogP contribution in [-0.2, 0) is 17.7 Å². The summed E-state index contributed by atoms with van der Waals surface area (Å²) in [5.41, 5.74) is 4.08. The van der Waals surface area contributed by atoms with Gasteiger partial charge in [-0.2, -0.15) is 5.26 Å². The number of pyridine rings is 1. The third-order valence-corrected chi connectivity index (χ3v) is 6.43. The van der Waals surface area contributed by atoms with E-state index in [4.69, 9.17) is 19.2 Å². The van der Waals surface area contributed by atoms with Crippen LogP contribution in [0.25, 0.3) is 11.3 Å². The normalized spacial score (nSPS) is 16.3. The van der Waals surface area contributed by atoms with Crippen LogP contribution >= 0.6 is 0 Å². The molecule has 0 bridgehead atoms. The second-order valence-electron chi connectivity index (χ2n) is 8.92. The van der Waals surface area contributed by atoms with E-state index in [-0.39, 0.29) is 6.10 Å². The molecule has 0 aliphatic carbocycles. The maximum absolute atomic E-state index is 9.83. The Hall–Kier alpha value is -3.54. The summed E-state index contributed by atoms with van der Waals surface area (Å²) in [4.78, 5) is 16.2. The molecule has 0 N–H and O–H groups in total. The molecule has 0 saturated carbocycles. The van der Waals surface area contributed by atoms with E-state index >= 15 is 0 Å². The third kappa shape index (κ3) is 5.59. The summed E-state index contributed by atoms with van der Waals surface area (Å²) in [5.74, 6) is 1.69. The molecule has 8 nitrogen and oxygen atoms in total. The number of hydrogen-bond acceptors (Lipinski definition) is 8. The first-order valence-corrected chi connectivity index (χ1v) is 12.1. The van der Waals surface area contributed by atoms with Crippen molar-refractivity contribution in [2.45, 2.75) is 38.3 Å². The van der Waals surface area contributed by atoms with Gasteiger partial charge in [-0.1, -0.05) is 6.07 Å². The van der Waals surface area contributed by atoms with Gasteiger partial charge in [0.15, 0.2) is 11.5 Å². The molecule has 1 aromatic carbocycles. The fourth-order valence-corrected chi connectivity index (χ4v) is 4.32. The molecule has 5 rings (SSSR count). The summed E-state index contributed by atoms with van der Waals surface area (Å²) in [6.07, 6.45) is 7.10. The standard InChI is InChI=1S/C27H29N5O3/c1-33-25-15-20(14-21(16-28)27(25)35-23-6-11-34-12-7-23)24-5-8-29-26(31-24)13-19-3-4-22(30-17-19)18-32-9-2-10-32/h3-5,8,14-15,17,23H,2,6-7,9-13,18H2,1H3. The Kier molecular flexibility index (Phi) is 7.17. The Morgan fingerprint density at radius 2 is 2.00 bits per heavy atom. The lowest BCUT2D eigenvalue weighted by molar-refractivity contribution is 0.0244. The lowest BCUT2D eigenvalue weighted by Crippen LogP contribution is -2.36. The van der Waals surface area contributed by atoms with Gasteiger partial charge in [0.2, 0.25) is 0 Å². The smallest absolute Gasteiger partial charge is 0.179 e. The van der Waals surface area contributed by atoms with Crippen LogP contribution in [0.5, 0.6) is 11.5 Å². The van der Waals surface area contributed by atoms with Crippen LogP contribution in [0, 0.1) is 11.3 Å². The maximum atomic E-state index is 9.83. The molecule has 0 spiro atoms. The van der Waals surface area contributed by atoms with Crippen molar-refractivity contribution in [1.29, 1.82) is 5.26 Å². The van der Waals surface area contributed by atoms with Crippen LogP contribution in [0.4, 0.5) is 0 Å². The quantitative estimate of drug-likeness (QED) is 0.490. The minimum absolute atomic E-state index is 0.00663. The molecule has 0 radical (unpaired) electrons. The van der Waals surface area contributed by atoms with Gasteiger partial charge in [0.1, 0.15) is 18.0 Å². The zero-order valence-corrected chi connectivity index (χ0v) is 19.9. The SMILES string of the molecule is COc1cc(-c2ccnc(Cc3ccc(CN4CCC4)nc3)n2)cc(C#N)c1OC1CCOCC1. The van der Waals surface area contributed by atoms with Crippen molar-refractivity contribution in [1.82, 2.24) is 19.9 Å². The molecule has 2 fully saturated rings. The number of rotatable bonds is 8. The van der Waals surface area contributed by atoms with E-state index in [0.29, 0.717) is 42.5 Å². The maximum Gasteiger partial charge on any atom is 0.179 e. The largest absolute Gasteiger partial charge is 0.493 e. The third-order valence-electron chi connectivity index (χ3n) is 6.43. The number of benzene rings is 1. The van der Waals surface area contributed by atoms with Crippen molar-refractivity contribution in [2.75, 3.05) is 33.4 Å². The molecule has 8 heteroatoms. The van der Waals surface area contributed by atoms with Crippen molar-refractivity contribution in [3.05, 3.63) is 65.4 Å². The van der Waals surface area contributed by atoms with Crippen molar-refractivity contribution in [3.8, 4) is 28.8 Å². The summed E-state index contributed by atoms with van der Waals surface area (Å²) >= 11 is 0. The molecule has 3 aromatic rings. The monoisotopic (exact) mass is 471 g/mol. The van der Waals surface area contributed by atoms with E-state index in [0.717, 1.165) is 55.0 Å². The van der Waals surface area contributed by atoms with Crippen LogP contribution < -0.4 is 9.47 Å². The number of aromatic nitrogens is 3. The molecule has 0 unspecified atom stereocenters. The van der Waals surface area contributed by atoms with Crippen LogP contribution in [0.1, 0.15) is 41.9 Å². The highest BCUT2D eigenvalue weighted by molar-refractivity contribution is 5.68. The van der Waals surface area contributed by atoms with Crippen molar-refractivity contribution in [3.63, 3.8) is 0 Å². The first-order chi connectivity index (χ1) is 17.2. The summed E-state index contributed by atoms with van der Waals surface area (Å²) in [6, 6.07) is 11.9. The van der Waals surface area contributed by atoms with Gasteiger partial charge in [-0.05, 0) is 49.3 Å². The van der Waals surface area contributed by atoms with Gasteiger partial charge in [0, 0.05) is 43.8 Å². The minimum Gasteiger partial charge on any atom is -0.493 e. The minimum atomic E-state index is 0.00663. The first-order valence-electron chi connectivity index (χ1n) is 12.1. The van der Waals surface area contributed by atoms with E-state index < -0.39 is 0 Å². The van der Waals surface area contributed by atoms with E-state index in [1.165, 1.54) is 6.42 Å². The Bertz CT molecular complexity index is 1200. The van der Waals surface area contributed by atoms with Gasteiger partial charge in [-0.3, -0.25) is 9.88 Å². The summed E-state index contributed by atoms with van der Waals surface area (Å²) in [7, 11) is 1.58. The zero-order valence-electron chi connectivity index (χ0n) is 19.9. The number of nitrogens with zero attached hydrogens (tertiary/aromatic N) is 5. The predicted octanol–water partition coefficient (Wildman–Crippen LogP) is 3.77. The molecule has 4 heterocycles. The first kappa shape index (κ1) is 23.2. The molecule has 2 saturated heterocycles. The van der Waals surface area contributed by atoms with E-state index in [1.807, 2.05) is 18.3 Å². The van der Waals surface area contributed by atoms with E-state index in [1.54, 1.807) is 19.4 Å². The summed E-state index contributed by atoms with van der Waals surface area (Å²) in [5, 5.41) is 9.83. The number of nitriles is 1. The Morgan fingerprint density at radius 1 is 1.14 bits per heavy atom.